The van der Waals surface area contributed by atoms with E-state index in [-0.39, 0.29) is 24.0 Å². The van der Waals surface area contributed by atoms with Crippen LogP contribution in [-0.2, 0) is 6.61 Å². The molecule has 1 unspecified atom stereocenters. The van der Waals surface area contributed by atoms with Crippen LogP contribution in [0.5, 0.6) is 11.5 Å². The third-order valence-corrected chi connectivity index (χ3v) is 8.09. The van der Waals surface area contributed by atoms with Crippen LogP contribution in [0.4, 0.5) is 4.39 Å². The number of hydrogen-bond donors (Lipinski definition) is 1. The molecule has 1 aliphatic heterocycles. The first-order valence-corrected chi connectivity index (χ1v) is 15.0. The number of carbonyl (C=O) groups is 1. The van der Waals surface area contributed by atoms with Gasteiger partial charge in [0.2, 0.25) is 0 Å². The lowest BCUT2D eigenvalue weighted by Crippen LogP contribution is -2.24. The van der Waals surface area contributed by atoms with Gasteiger partial charge in [0.05, 0.1) is 23.8 Å². The van der Waals surface area contributed by atoms with Gasteiger partial charge in [0.1, 0.15) is 30.0 Å². The Kier molecular flexibility index (Phi) is 10.4. The van der Waals surface area contributed by atoms with Crippen molar-refractivity contribution in [1.29, 1.82) is 5.26 Å². The molecule has 0 amide bonds. The molecule has 3 aromatic carbocycles. The Hall–Kier alpha value is -4.84. The van der Waals surface area contributed by atoms with Gasteiger partial charge in [-0.25, -0.2) is 4.39 Å². The number of nitriles is 1. The molecular weight excluding hydrogens is 569 g/mol. The molecule has 1 aliphatic rings. The topological polar surface area (TPSA) is 95.7 Å². The molecule has 5 rings (SSSR count). The van der Waals surface area contributed by atoms with Gasteiger partial charge in [-0.2, -0.15) is 5.26 Å². The van der Waals surface area contributed by atoms with E-state index >= 15 is 4.39 Å². The SMILES string of the molecule is Cc1c(C=C(F)c2ccc(C=O)c(OCc3cncc(C#N)c3)c2)cccc1-c1cccc(OCCCN2CCC(O)C2)c1C. The van der Waals surface area contributed by atoms with Crippen LogP contribution in [0.2, 0.25) is 0 Å². The fourth-order valence-corrected chi connectivity index (χ4v) is 5.56. The van der Waals surface area contributed by atoms with Gasteiger partial charge >= 0.3 is 0 Å². The molecule has 0 aliphatic carbocycles. The Bertz CT molecular complexity index is 1750. The van der Waals surface area contributed by atoms with Crippen molar-refractivity contribution in [1.82, 2.24) is 9.88 Å². The third kappa shape index (κ3) is 7.82. The van der Waals surface area contributed by atoms with Gasteiger partial charge in [0, 0.05) is 43.2 Å². The third-order valence-electron chi connectivity index (χ3n) is 8.09. The highest BCUT2D eigenvalue weighted by Crippen LogP contribution is 2.35. The maximum atomic E-state index is 15.7. The molecule has 7 nitrogen and oxygen atoms in total. The highest BCUT2D eigenvalue weighted by Gasteiger charge is 2.19. The molecule has 0 saturated carbocycles. The second-order valence-electron chi connectivity index (χ2n) is 11.2. The van der Waals surface area contributed by atoms with Gasteiger partial charge < -0.3 is 19.5 Å². The predicted molar refractivity (Wildman–Crippen MR) is 173 cm³/mol. The second kappa shape index (κ2) is 14.8. The van der Waals surface area contributed by atoms with E-state index < -0.39 is 5.83 Å². The average Bonchev–Trinajstić information content (AvgIpc) is 3.48. The number of β-amino-alcohol motifs (C(OH)–C–C–N with tert-alkyl or cyclic N) is 1. The number of benzene rings is 3. The van der Waals surface area contributed by atoms with Gasteiger partial charge in [-0.05, 0) is 84.8 Å². The molecule has 1 atom stereocenters. The first-order chi connectivity index (χ1) is 21.9. The molecule has 45 heavy (non-hydrogen) atoms. The molecule has 1 N–H and O–H groups in total. The van der Waals surface area contributed by atoms with Crippen molar-refractivity contribution in [2.75, 3.05) is 26.2 Å². The van der Waals surface area contributed by atoms with Crippen LogP contribution in [0.1, 0.15) is 56.6 Å². The number of aldehydes is 1. The summed E-state index contributed by atoms with van der Waals surface area (Å²) in [7, 11) is 0. The summed E-state index contributed by atoms with van der Waals surface area (Å²) >= 11 is 0. The number of aliphatic hydroxyl groups excluding tert-OH is 1. The summed E-state index contributed by atoms with van der Waals surface area (Å²) in [6.07, 6.45) is 6.68. The number of hydrogen-bond acceptors (Lipinski definition) is 7. The maximum Gasteiger partial charge on any atom is 0.153 e. The molecule has 1 saturated heterocycles. The second-order valence-corrected chi connectivity index (χ2v) is 11.2. The van der Waals surface area contributed by atoms with Gasteiger partial charge in [0.25, 0.3) is 0 Å². The van der Waals surface area contributed by atoms with Crippen molar-refractivity contribution >= 4 is 18.2 Å². The minimum Gasteiger partial charge on any atom is -0.493 e. The monoisotopic (exact) mass is 605 g/mol. The number of halogens is 1. The lowest BCUT2D eigenvalue weighted by atomic mass is 9.93. The highest BCUT2D eigenvalue weighted by molar-refractivity contribution is 5.85. The largest absolute Gasteiger partial charge is 0.493 e. The quantitative estimate of drug-likeness (QED) is 0.106. The van der Waals surface area contributed by atoms with Crippen LogP contribution in [0.25, 0.3) is 23.0 Å². The molecule has 1 aromatic heterocycles. The van der Waals surface area contributed by atoms with Crippen LogP contribution in [-0.4, -0.2) is 53.6 Å². The Balaban J connectivity index is 1.32. The van der Waals surface area contributed by atoms with Crippen molar-refractivity contribution < 1.29 is 23.8 Å². The number of aromatic nitrogens is 1. The van der Waals surface area contributed by atoms with Crippen molar-refractivity contribution in [2.24, 2.45) is 0 Å². The van der Waals surface area contributed by atoms with E-state index in [1.54, 1.807) is 18.3 Å². The molecular formula is C37H36FN3O4. The number of aliphatic hydroxyl groups is 1. The Morgan fingerprint density at radius 3 is 2.60 bits per heavy atom. The number of rotatable bonds is 12. The fourth-order valence-electron chi connectivity index (χ4n) is 5.56. The zero-order valence-corrected chi connectivity index (χ0v) is 25.5. The number of carbonyl (C=O) groups excluding carboxylic acids is 1. The summed E-state index contributed by atoms with van der Waals surface area (Å²) < 4.78 is 27.7. The molecule has 8 heteroatoms. The van der Waals surface area contributed by atoms with Crippen LogP contribution in [0.3, 0.4) is 0 Å². The van der Waals surface area contributed by atoms with E-state index in [2.05, 4.69) is 9.88 Å². The van der Waals surface area contributed by atoms with E-state index in [0.29, 0.717) is 29.6 Å². The minimum absolute atomic E-state index is 0.0734. The van der Waals surface area contributed by atoms with E-state index in [4.69, 9.17) is 14.7 Å². The van der Waals surface area contributed by atoms with E-state index in [1.807, 2.05) is 56.3 Å². The number of likely N-dealkylation sites (tertiary alicyclic amines) is 1. The zero-order valence-electron chi connectivity index (χ0n) is 25.5. The fraction of sp³-hybridized carbons (Fsp3) is 0.270. The number of pyridine rings is 1. The Morgan fingerprint density at radius 1 is 1.04 bits per heavy atom. The average molecular weight is 606 g/mol. The Morgan fingerprint density at radius 2 is 1.84 bits per heavy atom. The maximum absolute atomic E-state index is 15.7. The molecule has 4 aromatic rings. The van der Waals surface area contributed by atoms with Crippen LogP contribution in [0.15, 0.2) is 73.1 Å². The van der Waals surface area contributed by atoms with E-state index in [0.717, 1.165) is 66.0 Å². The molecule has 0 bridgehead atoms. The van der Waals surface area contributed by atoms with Crippen LogP contribution >= 0.6 is 0 Å². The first kappa shape index (κ1) is 31.6. The molecule has 0 spiro atoms. The lowest BCUT2D eigenvalue weighted by Gasteiger charge is -2.17. The van der Waals surface area contributed by atoms with Gasteiger partial charge in [-0.3, -0.25) is 9.78 Å². The van der Waals surface area contributed by atoms with Crippen LogP contribution < -0.4 is 9.47 Å². The van der Waals surface area contributed by atoms with Crippen molar-refractivity contribution in [3.63, 3.8) is 0 Å². The smallest absolute Gasteiger partial charge is 0.153 e. The summed E-state index contributed by atoms with van der Waals surface area (Å²) in [5.74, 6) is 0.591. The number of ether oxygens (including phenoxy) is 2. The Labute approximate surface area is 263 Å². The molecule has 1 fully saturated rings. The standard InChI is InChI=1S/C37H36FN3O4/c1-25-29(17-35(38)30-10-11-31(23-42)37(18-30)45-24-28-16-27(19-39)20-40-21-28)6-3-7-33(25)34-8-4-9-36(26(34)2)44-15-5-13-41-14-12-32(43)22-41/h3-4,6-11,16-18,20-21,23,32,43H,5,12-15,22,24H2,1-2H3. The minimum atomic E-state index is -0.468. The van der Waals surface area contributed by atoms with E-state index in [1.165, 1.54) is 24.4 Å². The summed E-state index contributed by atoms with van der Waals surface area (Å²) in [5, 5.41) is 18.8. The van der Waals surface area contributed by atoms with Crippen molar-refractivity contribution in [3.05, 3.63) is 112 Å². The summed E-state index contributed by atoms with van der Waals surface area (Å²) in [5.41, 5.74) is 6.30. The molecule has 0 radical (unpaired) electrons. The first-order valence-electron chi connectivity index (χ1n) is 15.0. The highest BCUT2D eigenvalue weighted by atomic mass is 19.1. The summed E-state index contributed by atoms with van der Waals surface area (Å²) in [6.45, 7) is 7.22. The summed E-state index contributed by atoms with van der Waals surface area (Å²) in [6, 6.07) is 20.1. The van der Waals surface area contributed by atoms with Gasteiger partial charge in [-0.15, -0.1) is 0 Å². The van der Waals surface area contributed by atoms with Gasteiger partial charge in [0.15, 0.2) is 6.29 Å². The normalized spacial score (nSPS) is 15.1. The summed E-state index contributed by atoms with van der Waals surface area (Å²) in [4.78, 5) is 17.9. The van der Waals surface area contributed by atoms with Crippen molar-refractivity contribution in [3.8, 4) is 28.7 Å². The molecule has 230 valence electrons. The van der Waals surface area contributed by atoms with Crippen LogP contribution in [0, 0.1) is 25.2 Å². The predicted octanol–water partition coefficient (Wildman–Crippen LogP) is 6.93. The van der Waals surface area contributed by atoms with Gasteiger partial charge in [-0.1, -0.05) is 36.4 Å². The lowest BCUT2D eigenvalue weighted by molar-refractivity contribution is 0.111. The number of nitrogens with zero attached hydrogens (tertiary/aromatic N) is 3. The van der Waals surface area contributed by atoms with E-state index in [9.17, 15) is 9.90 Å². The van der Waals surface area contributed by atoms with Crippen molar-refractivity contribution in [2.45, 2.75) is 39.4 Å². The molecule has 2 heterocycles. The zero-order chi connectivity index (χ0) is 31.8.